The molecule has 1 unspecified atom stereocenters. The monoisotopic (exact) mass is 328 g/mol. The van der Waals surface area contributed by atoms with Crippen LogP contribution in [0.4, 0.5) is 5.69 Å². The molecule has 108 valence electrons. The van der Waals surface area contributed by atoms with Gasteiger partial charge in [-0.1, -0.05) is 6.07 Å². The number of aliphatic hydroxyl groups is 1. The molecule has 19 heavy (non-hydrogen) atoms. The highest BCUT2D eigenvalue weighted by atomic mass is 79.9. The molecule has 0 aliphatic heterocycles. The van der Waals surface area contributed by atoms with E-state index in [1.54, 1.807) is 6.92 Å². The first kappa shape index (κ1) is 16.5. The summed E-state index contributed by atoms with van der Waals surface area (Å²) in [6, 6.07) is 6.34. The van der Waals surface area contributed by atoms with Gasteiger partial charge in [0.2, 0.25) is 0 Å². The normalized spacial score (nSPS) is 13.4. The van der Waals surface area contributed by atoms with Gasteiger partial charge < -0.3 is 15.3 Å². The number of nitrogens with one attached hydrogen (secondary N) is 1. The predicted molar refractivity (Wildman–Crippen MR) is 85.7 cm³/mol. The van der Waals surface area contributed by atoms with E-state index in [9.17, 15) is 5.11 Å². The summed E-state index contributed by atoms with van der Waals surface area (Å²) in [6.07, 6.45) is -0.334. The average molecular weight is 329 g/mol. The standard InChI is InChI=1S/C15H25BrN2O/c1-11(19)10-18(5)14-7-6-12(8-13(14)16)9-17-15(2,3)4/h6-8,11,17,19H,9-10H2,1-5H3. The van der Waals surface area contributed by atoms with Gasteiger partial charge in [0.25, 0.3) is 0 Å². The lowest BCUT2D eigenvalue weighted by atomic mass is 10.1. The molecule has 2 N–H and O–H groups in total. The molecule has 1 aromatic carbocycles. The maximum atomic E-state index is 9.44. The van der Waals surface area contributed by atoms with E-state index in [0.717, 1.165) is 16.7 Å². The molecule has 0 aliphatic rings. The highest BCUT2D eigenvalue weighted by molar-refractivity contribution is 9.10. The van der Waals surface area contributed by atoms with Crippen LogP contribution in [-0.2, 0) is 6.54 Å². The number of rotatable bonds is 5. The molecule has 0 radical (unpaired) electrons. The topological polar surface area (TPSA) is 35.5 Å². The van der Waals surface area contributed by atoms with Crippen molar-refractivity contribution in [2.24, 2.45) is 0 Å². The average Bonchev–Trinajstić information content (AvgIpc) is 2.24. The summed E-state index contributed by atoms with van der Waals surface area (Å²) in [5, 5.41) is 12.9. The molecular formula is C15H25BrN2O. The van der Waals surface area contributed by atoms with Gasteiger partial charge in [0.15, 0.2) is 0 Å². The van der Waals surface area contributed by atoms with Gasteiger partial charge in [0.05, 0.1) is 11.8 Å². The molecule has 0 saturated heterocycles. The van der Waals surface area contributed by atoms with Crippen molar-refractivity contribution < 1.29 is 5.11 Å². The Morgan fingerprint density at radius 1 is 1.37 bits per heavy atom. The number of hydrogen-bond donors (Lipinski definition) is 2. The van der Waals surface area contributed by atoms with Gasteiger partial charge in [0, 0.05) is 30.1 Å². The third-order valence-corrected chi connectivity index (χ3v) is 3.42. The predicted octanol–water partition coefficient (Wildman–Crippen LogP) is 3.15. The van der Waals surface area contributed by atoms with Crippen LogP contribution >= 0.6 is 15.9 Å². The smallest absolute Gasteiger partial charge is 0.0686 e. The highest BCUT2D eigenvalue weighted by Gasteiger charge is 2.11. The van der Waals surface area contributed by atoms with E-state index in [1.807, 2.05) is 7.05 Å². The molecule has 1 atom stereocenters. The first-order chi connectivity index (χ1) is 8.69. The first-order valence-electron chi connectivity index (χ1n) is 6.61. The van der Waals surface area contributed by atoms with Crippen LogP contribution in [0.25, 0.3) is 0 Å². The second kappa shape index (κ2) is 6.73. The van der Waals surface area contributed by atoms with Crippen LogP contribution in [0.1, 0.15) is 33.3 Å². The molecular weight excluding hydrogens is 304 g/mol. The summed E-state index contributed by atoms with van der Waals surface area (Å²) in [4.78, 5) is 2.05. The molecule has 0 heterocycles. The minimum Gasteiger partial charge on any atom is -0.392 e. The van der Waals surface area contributed by atoms with Crippen molar-refractivity contribution in [2.45, 2.75) is 45.9 Å². The van der Waals surface area contributed by atoms with Crippen LogP contribution in [0.5, 0.6) is 0 Å². The van der Waals surface area contributed by atoms with Crippen LogP contribution in [0.3, 0.4) is 0 Å². The number of aliphatic hydroxyl groups excluding tert-OH is 1. The molecule has 3 nitrogen and oxygen atoms in total. The molecule has 0 bridgehead atoms. The van der Waals surface area contributed by atoms with E-state index in [2.05, 4.69) is 65.1 Å². The van der Waals surface area contributed by atoms with Gasteiger partial charge in [-0.25, -0.2) is 0 Å². The molecule has 0 spiro atoms. The Morgan fingerprint density at radius 3 is 2.47 bits per heavy atom. The fourth-order valence-corrected chi connectivity index (χ4v) is 2.56. The molecule has 0 saturated carbocycles. The fourth-order valence-electron chi connectivity index (χ4n) is 1.83. The summed E-state index contributed by atoms with van der Waals surface area (Å²) >= 11 is 3.61. The number of nitrogens with zero attached hydrogens (tertiary/aromatic N) is 1. The zero-order valence-corrected chi connectivity index (χ0v) is 14.1. The van der Waals surface area contributed by atoms with Gasteiger partial charge >= 0.3 is 0 Å². The SMILES string of the molecule is CC(O)CN(C)c1ccc(CNC(C)(C)C)cc1Br. The lowest BCUT2D eigenvalue weighted by Gasteiger charge is -2.24. The minimum atomic E-state index is -0.334. The van der Waals surface area contributed by atoms with E-state index in [0.29, 0.717) is 6.54 Å². The lowest BCUT2D eigenvalue weighted by molar-refractivity contribution is 0.201. The Morgan fingerprint density at radius 2 is 2.00 bits per heavy atom. The number of benzene rings is 1. The summed E-state index contributed by atoms with van der Waals surface area (Å²) < 4.78 is 1.06. The van der Waals surface area contributed by atoms with Crippen LogP contribution < -0.4 is 10.2 Å². The van der Waals surface area contributed by atoms with E-state index in [-0.39, 0.29) is 11.6 Å². The van der Waals surface area contributed by atoms with Crippen LogP contribution in [0.15, 0.2) is 22.7 Å². The third-order valence-electron chi connectivity index (χ3n) is 2.78. The second-order valence-electron chi connectivity index (χ2n) is 6.12. The van der Waals surface area contributed by atoms with Gasteiger partial charge in [-0.3, -0.25) is 0 Å². The summed E-state index contributed by atoms with van der Waals surface area (Å²) in [7, 11) is 1.99. The minimum absolute atomic E-state index is 0.119. The van der Waals surface area contributed by atoms with Crippen molar-refractivity contribution in [1.82, 2.24) is 5.32 Å². The Balaban J connectivity index is 2.74. The maximum Gasteiger partial charge on any atom is 0.0686 e. The Bertz CT molecular complexity index is 413. The highest BCUT2D eigenvalue weighted by Crippen LogP contribution is 2.27. The fraction of sp³-hybridized carbons (Fsp3) is 0.600. The maximum absolute atomic E-state index is 9.44. The molecule has 1 rings (SSSR count). The first-order valence-corrected chi connectivity index (χ1v) is 7.41. The van der Waals surface area contributed by atoms with E-state index >= 15 is 0 Å². The molecule has 0 aromatic heterocycles. The van der Waals surface area contributed by atoms with Gasteiger partial charge in [-0.05, 0) is 61.3 Å². The zero-order valence-electron chi connectivity index (χ0n) is 12.5. The van der Waals surface area contributed by atoms with Crippen LogP contribution in [0.2, 0.25) is 0 Å². The summed E-state index contributed by atoms with van der Waals surface area (Å²) in [5.74, 6) is 0. The quantitative estimate of drug-likeness (QED) is 0.871. The molecule has 1 aromatic rings. The van der Waals surface area contributed by atoms with Crippen molar-refractivity contribution >= 4 is 21.6 Å². The van der Waals surface area contributed by atoms with E-state index in [1.165, 1.54) is 5.56 Å². The van der Waals surface area contributed by atoms with Gasteiger partial charge in [-0.15, -0.1) is 0 Å². The van der Waals surface area contributed by atoms with Crippen molar-refractivity contribution in [2.75, 3.05) is 18.5 Å². The van der Waals surface area contributed by atoms with Crippen molar-refractivity contribution in [3.8, 4) is 0 Å². The van der Waals surface area contributed by atoms with Crippen LogP contribution in [0, 0.1) is 0 Å². The largest absolute Gasteiger partial charge is 0.392 e. The van der Waals surface area contributed by atoms with Crippen molar-refractivity contribution in [1.29, 1.82) is 0 Å². The number of hydrogen-bond acceptors (Lipinski definition) is 3. The lowest BCUT2D eigenvalue weighted by Crippen LogP contribution is -2.35. The van der Waals surface area contributed by atoms with Gasteiger partial charge in [-0.2, -0.15) is 0 Å². The van der Waals surface area contributed by atoms with E-state index in [4.69, 9.17) is 0 Å². The summed E-state index contributed by atoms with van der Waals surface area (Å²) in [5.41, 5.74) is 2.46. The van der Waals surface area contributed by atoms with E-state index < -0.39 is 0 Å². The zero-order chi connectivity index (χ0) is 14.6. The van der Waals surface area contributed by atoms with Crippen molar-refractivity contribution in [3.05, 3.63) is 28.2 Å². The van der Waals surface area contributed by atoms with Gasteiger partial charge in [0.1, 0.15) is 0 Å². The third kappa shape index (κ3) is 5.93. The molecule has 0 fully saturated rings. The van der Waals surface area contributed by atoms with Crippen molar-refractivity contribution in [3.63, 3.8) is 0 Å². The Hall–Kier alpha value is -0.580. The Kier molecular flexibility index (Phi) is 5.83. The molecule has 4 heteroatoms. The molecule has 0 amide bonds. The summed E-state index contributed by atoms with van der Waals surface area (Å²) in [6.45, 7) is 9.75. The number of likely N-dealkylation sites (N-methyl/N-ethyl adjacent to an activating group) is 1. The number of halogens is 1. The number of anilines is 1. The molecule has 0 aliphatic carbocycles. The second-order valence-corrected chi connectivity index (χ2v) is 6.97. The Labute approximate surface area is 125 Å². The van der Waals surface area contributed by atoms with Crippen LogP contribution in [-0.4, -0.2) is 30.3 Å².